The van der Waals surface area contributed by atoms with Crippen LogP contribution in [0.3, 0.4) is 0 Å². The van der Waals surface area contributed by atoms with Gasteiger partial charge in [0.15, 0.2) is 0 Å². The smallest absolute Gasteiger partial charge is 0.340 e. The number of nitrogens with zero attached hydrogens (tertiary/aromatic N) is 1. The molecule has 3 rings (SSSR count). The van der Waals surface area contributed by atoms with Crippen molar-refractivity contribution in [2.24, 2.45) is 0 Å². The van der Waals surface area contributed by atoms with Crippen LogP contribution in [-0.4, -0.2) is 31.2 Å². The summed E-state index contributed by atoms with van der Waals surface area (Å²) in [6, 6.07) is 8.03. The molecule has 1 saturated heterocycles. The number of likely N-dealkylation sites (tertiary alicyclic amines) is 1. The first kappa shape index (κ1) is 16.9. The van der Waals surface area contributed by atoms with E-state index in [1.807, 2.05) is 31.2 Å². The molecule has 1 fully saturated rings. The van der Waals surface area contributed by atoms with Crippen LogP contribution in [-0.2, 0) is 11.3 Å². The van der Waals surface area contributed by atoms with Crippen molar-refractivity contribution in [2.45, 2.75) is 45.6 Å². The highest BCUT2D eigenvalue weighted by molar-refractivity contribution is 5.98. The van der Waals surface area contributed by atoms with Crippen molar-refractivity contribution < 1.29 is 14.4 Å². The summed E-state index contributed by atoms with van der Waals surface area (Å²) in [5, 5.41) is 1.03. The fourth-order valence-corrected chi connectivity index (χ4v) is 3.76. The fourth-order valence-electron chi connectivity index (χ4n) is 3.76. The third-order valence-corrected chi connectivity index (χ3v) is 5.09. The minimum atomic E-state index is -0.271. The zero-order valence-electron chi connectivity index (χ0n) is 14.7. The van der Waals surface area contributed by atoms with E-state index in [9.17, 15) is 4.79 Å². The molecule has 1 aromatic heterocycles. The molecule has 128 valence electrons. The van der Waals surface area contributed by atoms with E-state index in [0.717, 1.165) is 41.8 Å². The monoisotopic (exact) mass is 327 g/mol. The van der Waals surface area contributed by atoms with Gasteiger partial charge < -0.3 is 9.64 Å². The number of nitrogens with one attached hydrogen (secondary N) is 1. The minimum Gasteiger partial charge on any atom is -0.465 e. The molecule has 24 heavy (non-hydrogen) atoms. The first-order chi connectivity index (χ1) is 11.7. The standard InChI is InChI=1S/C20H26N2O2/c1-15-16-10-6-7-11-17(16)21-18(19(15)20(23)24-2)14-22-12-8-4-3-5-9-13-22/h6-7,10-11H,3-5,8-9,12-14H2,1-2H3/p+1. The van der Waals surface area contributed by atoms with E-state index in [4.69, 9.17) is 9.72 Å². The summed E-state index contributed by atoms with van der Waals surface area (Å²) in [7, 11) is 1.45. The average molecular weight is 327 g/mol. The van der Waals surface area contributed by atoms with Crippen molar-refractivity contribution in [3.63, 3.8) is 0 Å². The summed E-state index contributed by atoms with van der Waals surface area (Å²) >= 11 is 0. The molecule has 0 saturated carbocycles. The highest BCUT2D eigenvalue weighted by Crippen LogP contribution is 2.23. The highest BCUT2D eigenvalue weighted by Gasteiger charge is 2.23. The Balaban J connectivity index is 1.99. The lowest BCUT2D eigenvalue weighted by Crippen LogP contribution is -3.10. The number of carbonyl (C=O) groups excluding carboxylic acids is 1. The summed E-state index contributed by atoms with van der Waals surface area (Å²) in [6.07, 6.45) is 6.51. The molecule has 2 aromatic rings. The van der Waals surface area contributed by atoms with Crippen LogP contribution >= 0.6 is 0 Å². The first-order valence-corrected chi connectivity index (χ1v) is 9.01. The van der Waals surface area contributed by atoms with Gasteiger partial charge in [0.1, 0.15) is 12.2 Å². The van der Waals surface area contributed by atoms with Crippen LogP contribution < -0.4 is 4.90 Å². The van der Waals surface area contributed by atoms with Crippen LogP contribution in [0.25, 0.3) is 10.9 Å². The molecule has 0 bridgehead atoms. The van der Waals surface area contributed by atoms with Gasteiger partial charge in [0.05, 0.1) is 31.3 Å². The van der Waals surface area contributed by atoms with E-state index < -0.39 is 0 Å². The van der Waals surface area contributed by atoms with E-state index in [-0.39, 0.29) is 5.97 Å². The number of quaternary nitrogens is 1. The number of carbonyl (C=O) groups is 1. The SMILES string of the molecule is COC(=O)c1c(C[NH+]2CCCCCCC2)nc2ccccc2c1C. The van der Waals surface area contributed by atoms with Crippen molar-refractivity contribution in [1.29, 1.82) is 0 Å². The van der Waals surface area contributed by atoms with Gasteiger partial charge in [-0.05, 0) is 44.2 Å². The average Bonchev–Trinajstić information content (AvgIpc) is 2.57. The largest absolute Gasteiger partial charge is 0.465 e. The Hall–Kier alpha value is -1.94. The number of pyridine rings is 1. The predicted molar refractivity (Wildman–Crippen MR) is 95.3 cm³/mol. The predicted octanol–water partition coefficient (Wildman–Crippen LogP) is 2.68. The number of methoxy groups -OCH3 is 1. The normalized spacial score (nSPS) is 16.6. The molecule has 0 atom stereocenters. The number of aromatic nitrogens is 1. The molecule has 1 aromatic carbocycles. The number of hydrogen-bond acceptors (Lipinski definition) is 3. The lowest BCUT2D eigenvalue weighted by molar-refractivity contribution is -0.915. The quantitative estimate of drug-likeness (QED) is 0.882. The fraction of sp³-hybridized carbons (Fsp3) is 0.500. The molecular formula is C20H27N2O2+. The summed E-state index contributed by atoms with van der Waals surface area (Å²) in [4.78, 5) is 18.8. The number of benzene rings is 1. The molecule has 2 heterocycles. The summed E-state index contributed by atoms with van der Waals surface area (Å²) in [5.41, 5.74) is 3.48. The Labute approximate surface area is 143 Å². The zero-order valence-corrected chi connectivity index (χ0v) is 14.7. The summed E-state index contributed by atoms with van der Waals surface area (Å²) in [6.45, 7) is 5.13. The molecule has 0 radical (unpaired) electrons. The topological polar surface area (TPSA) is 43.6 Å². The Morgan fingerprint density at radius 3 is 2.50 bits per heavy atom. The number of ether oxygens (including phenoxy) is 1. The maximum absolute atomic E-state index is 12.4. The lowest BCUT2D eigenvalue weighted by atomic mass is 10.0. The molecule has 0 amide bonds. The Morgan fingerprint density at radius 1 is 1.12 bits per heavy atom. The second-order valence-electron chi connectivity index (χ2n) is 6.76. The highest BCUT2D eigenvalue weighted by atomic mass is 16.5. The van der Waals surface area contributed by atoms with E-state index in [1.165, 1.54) is 44.1 Å². The first-order valence-electron chi connectivity index (χ1n) is 9.01. The molecule has 1 aliphatic heterocycles. The van der Waals surface area contributed by atoms with Crippen molar-refractivity contribution in [1.82, 2.24) is 4.98 Å². The second kappa shape index (κ2) is 7.75. The number of aryl methyl sites for hydroxylation is 1. The second-order valence-corrected chi connectivity index (χ2v) is 6.76. The van der Waals surface area contributed by atoms with Crippen LogP contribution in [0.15, 0.2) is 24.3 Å². The number of esters is 1. The van der Waals surface area contributed by atoms with Gasteiger partial charge in [0.25, 0.3) is 0 Å². The molecule has 4 heteroatoms. The third-order valence-electron chi connectivity index (χ3n) is 5.09. The van der Waals surface area contributed by atoms with E-state index >= 15 is 0 Å². The number of rotatable bonds is 3. The van der Waals surface area contributed by atoms with Gasteiger partial charge in [-0.15, -0.1) is 0 Å². The molecule has 1 N–H and O–H groups in total. The summed E-state index contributed by atoms with van der Waals surface area (Å²) < 4.78 is 5.05. The van der Waals surface area contributed by atoms with Crippen LogP contribution in [0.1, 0.15) is 53.7 Å². The van der Waals surface area contributed by atoms with E-state index in [2.05, 4.69) is 0 Å². The van der Waals surface area contributed by atoms with Gasteiger partial charge in [-0.25, -0.2) is 9.78 Å². The maximum Gasteiger partial charge on any atom is 0.340 e. The third kappa shape index (κ3) is 3.59. The molecule has 0 aliphatic carbocycles. The zero-order chi connectivity index (χ0) is 16.9. The van der Waals surface area contributed by atoms with Crippen LogP contribution in [0.5, 0.6) is 0 Å². The lowest BCUT2D eigenvalue weighted by Gasteiger charge is -2.23. The van der Waals surface area contributed by atoms with Gasteiger partial charge in [-0.3, -0.25) is 0 Å². The van der Waals surface area contributed by atoms with E-state index in [1.54, 1.807) is 0 Å². The molecule has 4 nitrogen and oxygen atoms in total. The summed E-state index contributed by atoms with van der Waals surface area (Å²) in [5.74, 6) is -0.271. The van der Waals surface area contributed by atoms with Gasteiger partial charge in [-0.2, -0.15) is 0 Å². The Bertz CT molecular complexity index is 719. The number of hydrogen-bond donors (Lipinski definition) is 1. The Morgan fingerprint density at radius 2 is 1.79 bits per heavy atom. The number of fused-ring (bicyclic) bond motifs is 1. The van der Waals surface area contributed by atoms with Crippen molar-refractivity contribution in [3.05, 3.63) is 41.1 Å². The van der Waals surface area contributed by atoms with Gasteiger partial charge in [0, 0.05) is 5.39 Å². The van der Waals surface area contributed by atoms with Crippen LogP contribution in [0.2, 0.25) is 0 Å². The van der Waals surface area contributed by atoms with Crippen LogP contribution in [0, 0.1) is 6.92 Å². The van der Waals surface area contributed by atoms with Gasteiger partial charge in [0.2, 0.25) is 0 Å². The molecule has 0 unspecified atom stereocenters. The minimum absolute atomic E-state index is 0.271. The molecule has 1 aliphatic rings. The Kier molecular flexibility index (Phi) is 5.46. The maximum atomic E-state index is 12.4. The van der Waals surface area contributed by atoms with Gasteiger partial charge >= 0.3 is 5.97 Å². The van der Waals surface area contributed by atoms with Crippen LogP contribution in [0.4, 0.5) is 0 Å². The molecule has 0 spiro atoms. The molecular weight excluding hydrogens is 300 g/mol. The van der Waals surface area contributed by atoms with Crippen molar-refractivity contribution in [3.8, 4) is 0 Å². The van der Waals surface area contributed by atoms with Crippen molar-refractivity contribution >= 4 is 16.9 Å². The van der Waals surface area contributed by atoms with E-state index in [0.29, 0.717) is 5.56 Å². The number of para-hydroxylation sites is 1. The van der Waals surface area contributed by atoms with Crippen molar-refractivity contribution in [2.75, 3.05) is 20.2 Å². The van der Waals surface area contributed by atoms with Gasteiger partial charge in [-0.1, -0.05) is 24.6 Å².